The van der Waals surface area contributed by atoms with Crippen molar-refractivity contribution in [1.82, 2.24) is 19.9 Å². The number of hydrogen-bond donors (Lipinski definition) is 2. The zero-order valence-electron chi connectivity index (χ0n) is 13.9. The van der Waals surface area contributed by atoms with E-state index in [4.69, 9.17) is 5.73 Å². The van der Waals surface area contributed by atoms with Gasteiger partial charge >= 0.3 is 0 Å². The zero-order valence-corrected chi connectivity index (χ0v) is 14.7. The van der Waals surface area contributed by atoms with Crippen LogP contribution in [-0.2, 0) is 24.3 Å². The molecule has 3 rings (SSSR count). The van der Waals surface area contributed by atoms with Crippen molar-refractivity contribution in [3.05, 3.63) is 59.6 Å². The van der Waals surface area contributed by atoms with Gasteiger partial charge in [-0.1, -0.05) is 18.2 Å². The Hall–Kier alpha value is -2.51. The maximum absolute atomic E-state index is 12.0. The molecule has 7 heteroatoms. The lowest BCUT2D eigenvalue weighted by molar-refractivity contribution is -0.120. The maximum atomic E-state index is 12.0. The minimum Gasteiger partial charge on any atom is -0.356 e. The number of amides is 1. The van der Waals surface area contributed by atoms with Gasteiger partial charge < -0.3 is 15.6 Å². The second-order valence-corrected chi connectivity index (χ2v) is 6.59. The summed E-state index contributed by atoms with van der Waals surface area (Å²) in [5.41, 5.74) is 8.59. The van der Waals surface area contributed by atoms with Gasteiger partial charge in [0.05, 0.1) is 18.4 Å². The smallest absolute Gasteiger partial charge is 0.226 e. The lowest BCUT2D eigenvalue weighted by Gasteiger charge is -2.04. The number of aryl methyl sites for hydroxylation is 1. The number of aromatic nitrogens is 3. The molecule has 130 valence electrons. The van der Waals surface area contributed by atoms with Crippen LogP contribution in [0.5, 0.6) is 0 Å². The minimum absolute atomic E-state index is 0.00168. The van der Waals surface area contributed by atoms with Crippen LogP contribution in [0.3, 0.4) is 0 Å². The van der Waals surface area contributed by atoms with Gasteiger partial charge in [0.1, 0.15) is 5.01 Å². The monoisotopic (exact) mass is 355 g/mol. The first-order chi connectivity index (χ1) is 12.2. The van der Waals surface area contributed by atoms with Crippen LogP contribution in [0, 0.1) is 0 Å². The molecule has 0 aliphatic rings. The summed E-state index contributed by atoms with van der Waals surface area (Å²) in [6, 6.07) is 8.03. The Morgan fingerprint density at radius 1 is 1.36 bits per heavy atom. The van der Waals surface area contributed by atoms with Crippen LogP contribution >= 0.6 is 11.3 Å². The van der Waals surface area contributed by atoms with E-state index in [1.165, 1.54) is 0 Å². The van der Waals surface area contributed by atoms with Crippen molar-refractivity contribution >= 4 is 17.2 Å². The molecule has 3 aromatic rings. The standard InChI is InChI=1S/C18H21N5OS/c19-11-14-3-1-4-15(9-14)18-22-16(12-25-18)10-17(24)21-5-2-7-23-8-6-20-13-23/h1,3-4,6,8-9,12-13H,2,5,7,10-11,19H2,(H,21,24). The van der Waals surface area contributed by atoms with Gasteiger partial charge in [-0.2, -0.15) is 0 Å². The number of carbonyl (C=O) groups is 1. The van der Waals surface area contributed by atoms with Crippen molar-refractivity contribution in [1.29, 1.82) is 0 Å². The second-order valence-electron chi connectivity index (χ2n) is 5.73. The fourth-order valence-electron chi connectivity index (χ4n) is 2.49. The molecule has 1 amide bonds. The summed E-state index contributed by atoms with van der Waals surface area (Å²) < 4.78 is 1.99. The molecule has 3 N–H and O–H groups in total. The van der Waals surface area contributed by atoms with Crippen LogP contribution in [0.1, 0.15) is 17.7 Å². The van der Waals surface area contributed by atoms with E-state index in [2.05, 4.69) is 15.3 Å². The van der Waals surface area contributed by atoms with Crippen molar-refractivity contribution in [2.75, 3.05) is 6.54 Å². The molecule has 0 radical (unpaired) electrons. The molecular weight excluding hydrogens is 334 g/mol. The SMILES string of the molecule is NCc1cccc(-c2nc(CC(=O)NCCCn3ccnc3)cs2)c1. The molecule has 0 saturated heterocycles. The molecule has 1 aromatic carbocycles. The Morgan fingerprint density at radius 3 is 3.08 bits per heavy atom. The molecule has 0 bridgehead atoms. The molecule has 6 nitrogen and oxygen atoms in total. The van der Waals surface area contributed by atoms with Crippen LogP contribution < -0.4 is 11.1 Å². The number of rotatable bonds is 8. The number of nitrogens with two attached hydrogens (primary N) is 1. The van der Waals surface area contributed by atoms with Crippen LogP contribution in [0.15, 0.2) is 48.4 Å². The Labute approximate surface area is 150 Å². The summed E-state index contributed by atoms with van der Waals surface area (Å²) in [6.07, 6.45) is 6.62. The fourth-order valence-corrected chi connectivity index (χ4v) is 3.30. The number of thiazole rings is 1. The number of carbonyl (C=O) groups excluding carboxylic acids is 1. The number of benzene rings is 1. The summed E-state index contributed by atoms with van der Waals surface area (Å²) in [7, 11) is 0. The van der Waals surface area contributed by atoms with E-state index in [1.54, 1.807) is 23.9 Å². The summed E-state index contributed by atoms with van der Waals surface area (Å²) >= 11 is 1.55. The van der Waals surface area contributed by atoms with Crippen molar-refractivity contribution < 1.29 is 4.79 Å². The molecule has 2 aromatic heterocycles. The first kappa shape index (κ1) is 17.3. The topological polar surface area (TPSA) is 85.8 Å². The first-order valence-corrected chi connectivity index (χ1v) is 9.09. The molecule has 0 fully saturated rings. The molecule has 0 spiro atoms. The highest BCUT2D eigenvalue weighted by Gasteiger charge is 2.09. The van der Waals surface area contributed by atoms with Crippen molar-refractivity contribution in [3.63, 3.8) is 0 Å². The highest BCUT2D eigenvalue weighted by atomic mass is 32.1. The largest absolute Gasteiger partial charge is 0.356 e. The average Bonchev–Trinajstić information content (AvgIpc) is 3.31. The van der Waals surface area contributed by atoms with Crippen molar-refractivity contribution in [3.8, 4) is 10.6 Å². The third kappa shape index (κ3) is 4.98. The van der Waals surface area contributed by atoms with E-state index >= 15 is 0 Å². The molecule has 0 aliphatic carbocycles. The van der Waals surface area contributed by atoms with Gasteiger partial charge in [-0.05, 0) is 18.1 Å². The predicted molar refractivity (Wildman–Crippen MR) is 99.0 cm³/mol. The predicted octanol–water partition coefficient (Wildman–Crippen LogP) is 2.21. The van der Waals surface area contributed by atoms with E-state index in [1.807, 2.05) is 40.4 Å². The molecular formula is C18H21N5OS. The number of imidazole rings is 1. The van der Waals surface area contributed by atoms with E-state index in [0.717, 1.165) is 34.8 Å². The summed E-state index contributed by atoms with van der Waals surface area (Å²) in [4.78, 5) is 20.6. The highest BCUT2D eigenvalue weighted by molar-refractivity contribution is 7.13. The zero-order chi connectivity index (χ0) is 17.5. The minimum atomic E-state index is -0.00168. The van der Waals surface area contributed by atoms with Crippen LogP contribution in [0.4, 0.5) is 0 Å². The van der Waals surface area contributed by atoms with Crippen LogP contribution in [0.2, 0.25) is 0 Å². The van der Waals surface area contributed by atoms with Gasteiger partial charge in [-0.25, -0.2) is 9.97 Å². The fraction of sp³-hybridized carbons (Fsp3) is 0.278. The van der Waals surface area contributed by atoms with Crippen molar-refractivity contribution in [2.45, 2.75) is 25.9 Å². The third-order valence-electron chi connectivity index (χ3n) is 3.78. The molecule has 2 heterocycles. The Balaban J connectivity index is 1.48. The van der Waals surface area contributed by atoms with Gasteiger partial charge in [0.15, 0.2) is 0 Å². The van der Waals surface area contributed by atoms with E-state index < -0.39 is 0 Å². The van der Waals surface area contributed by atoms with E-state index in [-0.39, 0.29) is 5.91 Å². The first-order valence-electron chi connectivity index (χ1n) is 8.21. The summed E-state index contributed by atoms with van der Waals surface area (Å²) in [6.45, 7) is 2.00. The molecule has 0 atom stereocenters. The Morgan fingerprint density at radius 2 is 2.28 bits per heavy atom. The van der Waals surface area contributed by atoms with E-state index in [9.17, 15) is 4.79 Å². The van der Waals surface area contributed by atoms with Gasteiger partial charge in [0, 0.05) is 43.0 Å². The van der Waals surface area contributed by atoms with Gasteiger partial charge in [-0.15, -0.1) is 11.3 Å². The lowest BCUT2D eigenvalue weighted by atomic mass is 10.1. The van der Waals surface area contributed by atoms with E-state index in [0.29, 0.717) is 19.5 Å². The quantitative estimate of drug-likeness (QED) is 0.607. The lowest BCUT2D eigenvalue weighted by Crippen LogP contribution is -2.26. The number of nitrogens with zero attached hydrogens (tertiary/aromatic N) is 3. The van der Waals surface area contributed by atoms with Gasteiger partial charge in [0.2, 0.25) is 5.91 Å². The Bertz CT molecular complexity index is 813. The van der Waals surface area contributed by atoms with Crippen molar-refractivity contribution in [2.24, 2.45) is 5.73 Å². The maximum Gasteiger partial charge on any atom is 0.226 e. The third-order valence-corrected chi connectivity index (χ3v) is 4.72. The van der Waals surface area contributed by atoms with Gasteiger partial charge in [-0.3, -0.25) is 4.79 Å². The molecule has 0 saturated carbocycles. The molecule has 0 aliphatic heterocycles. The summed E-state index contributed by atoms with van der Waals surface area (Å²) in [5.74, 6) is -0.00168. The molecule has 25 heavy (non-hydrogen) atoms. The van der Waals surface area contributed by atoms with Crippen LogP contribution in [-0.4, -0.2) is 27.0 Å². The van der Waals surface area contributed by atoms with Crippen LogP contribution in [0.25, 0.3) is 10.6 Å². The Kier molecular flexibility index (Phi) is 5.92. The highest BCUT2D eigenvalue weighted by Crippen LogP contribution is 2.24. The average molecular weight is 355 g/mol. The summed E-state index contributed by atoms with van der Waals surface area (Å²) in [5, 5.41) is 5.79. The normalized spacial score (nSPS) is 10.8. The second kappa shape index (κ2) is 8.55. The number of hydrogen-bond acceptors (Lipinski definition) is 5. The molecule has 0 unspecified atom stereocenters. The van der Waals surface area contributed by atoms with Gasteiger partial charge in [0.25, 0.3) is 0 Å². The number of nitrogens with one attached hydrogen (secondary N) is 1.